The van der Waals surface area contributed by atoms with Crippen LogP contribution < -0.4 is 4.74 Å². The Morgan fingerprint density at radius 2 is 2.08 bits per heavy atom. The van der Waals surface area contributed by atoms with Crippen molar-refractivity contribution < 1.29 is 14.3 Å². The lowest BCUT2D eigenvalue weighted by Crippen LogP contribution is -2.06. The summed E-state index contributed by atoms with van der Waals surface area (Å²) in [6, 6.07) is 16.6. The van der Waals surface area contributed by atoms with E-state index in [1.54, 1.807) is 24.3 Å². The zero-order chi connectivity index (χ0) is 16.9. The molecule has 0 N–H and O–H groups in total. The third kappa shape index (κ3) is 3.33. The number of nitriles is 1. The van der Waals surface area contributed by atoms with Crippen molar-refractivity contribution in [1.82, 2.24) is 0 Å². The fourth-order valence-electron chi connectivity index (χ4n) is 2.30. The first kappa shape index (κ1) is 15.5. The maximum absolute atomic E-state index is 12.1. The second-order valence-electron chi connectivity index (χ2n) is 5.17. The Morgan fingerprint density at radius 3 is 2.88 bits per heavy atom. The maximum Gasteiger partial charge on any atom is 0.363 e. The molecule has 0 unspecified atom stereocenters. The van der Waals surface area contributed by atoms with E-state index in [1.807, 2.05) is 43.3 Å². The number of aryl methyl sites for hydroxylation is 1. The zero-order valence-electron chi connectivity index (χ0n) is 13.0. The smallest absolute Gasteiger partial charge is 0.363 e. The third-order valence-electron chi connectivity index (χ3n) is 3.46. The summed E-state index contributed by atoms with van der Waals surface area (Å²) in [5, 5.41) is 8.56. The molecular weight excluding hydrogens is 304 g/mol. The molecule has 0 atom stereocenters. The van der Waals surface area contributed by atoms with Crippen molar-refractivity contribution in [3.8, 4) is 11.8 Å². The van der Waals surface area contributed by atoms with Crippen molar-refractivity contribution in [2.45, 2.75) is 6.92 Å². The van der Waals surface area contributed by atoms with Gasteiger partial charge in [-0.05, 0) is 42.3 Å². The van der Waals surface area contributed by atoms with Crippen LogP contribution in [0.4, 0.5) is 0 Å². The molecule has 24 heavy (non-hydrogen) atoms. The van der Waals surface area contributed by atoms with E-state index in [1.165, 1.54) is 0 Å². The fourth-order valence-corrected chi connectivity index (χ4v) is 2.30. The summed E-state index contributed by atoms with van der Waals surface area (Å²) in [4.78, 5) is 16.4. The van der Waals surface area contributed by atoms with Crippen LogP contribution in [0.2, 0.25) is 0 Å². The third-order valence-corrected chi connectivity index (χ3v) is 3.46. The van der Waals surface area contributed by atoms with Gasteiger partial charge in [0.05, 0.1) is 0 Å². The van der Waals surface area contributed by atoms with Gasteiger partial charge in [0.1, 0.15) is 11.8 Å². The Bertz CT molecular complexity index is 891. The van der Waals surface area contributed by atoms with Crippen LogP contribution in [0.5, 0.6) is 5.75 Å². The van der Waals surface area contributed by atoms with Crippen LogP contribution in [0.15, 0.2) is 59.2 Å². The van der Waals surface area contributed by atoms with Gasteiger partial charge < -0.3 is 9.47 Å². The molecule has 0 spiro atoms. The average Bonchev–Trinajstić information content (AvgIpc) is 2.94. The number of cyclic esters (lactones) is 1. The standard InChI is InChI=1S/C19H14N2O3/c1-13-5-2-3-8-16(13)18-21-17(19(22)24-18)12-14-6-4-7-15(11-14)23-10-9-20/h2-8,11-12H,10H2,1H3/b17-12+. The largest absolute Gasteiger partial charge is 0.479 e. The summed E-state index contributed by atoms with van der Waals surface area (Å²) >= 11 is 0. The molecule has 5 heteroatoms. The van der Waals surface area contributed by atoms with E-state index in [-0.39, 0.29) is 12.3 Å². The SMILES string of the molecule is Cc1ccccc1C1=N/C(=C/c2cccc(OCC#N)c2)C(=O)O1. The lowest BCUT2D eigenvalue weighted by Gasteiger charge is -2.02. The van der Waals surface area contributed by atoms with Gasteiger partial charge in [-0.25, -0.2) is 9.79 Å². The van der Waals surface area contributed by atoms with Gasteiger partial charge in [0.2, 0.25) is 5.90 Å². The minimum Gasteiger partial charge on any atom is -0.479 e. The molecule has 5 nitrogen and oxygen atoms in total. The second kappa shape index (κ2) is 6.80. The van der Waals surface area contributed by atoms with Gasteiger partial charge in [-0.2, -0.15) is 5.26 Å². The monoisotopic (exact) mass is 318 g/mol. The molecule has 2 aromatic carbocycles. The van der Waals surface area contributed by atoms with Crippen molar-refractivity contribution in [2.75, 3.05) is 6.61 Å². The number of rotatable bonds is 4. The molecule has 1 aliphatic heterocycles. The van der Waals surface area contributed by atoms with Crippen LogP contribution in [0, 0.1) is 18.3 Å². The minimum atomic E-state index is -0.489. The predicted octanol–water partition coefficient (Wildman–Crippen LogP) is 3.24. The minimum absolute atomic E-state index is 0.0301. The average molecular weight is 318 g/mol. The quantitative estimate of drug-likeness (QED) is 0.641. The van der Waals surface area contributed by atoms with Gasteiger partial charge >= 0.3 is 5.97 Å². The van der Waals surface area contributed by atoms with Gasteiger partial charge in [-0.15, -0.1) is 0 Å². The highest BCUT2D eigenvalue weighted by Gasteiger charge is 2.24. The number of carbonyl (C=O) groups excluding carboxylic acids is 1. The molecule has 1 heterocycles. The van der Waals surface area contributed by atoms with Crippen molar-refractivity contribution in [1.29, 1.82) is 5.26 Å². The molecule has 2 aromatic rings. The molecule has 118 valence electrons. The van der Waals surface area contributed by atoms with Crippen molar-refractivity contribution in [3.05, 3.63) is 70.9 Å². The first-order valence-electron chi connectivity index (χ1n) is 7.36. The molecule has 0 radical (unpaired) electrons. The van der Waals surface area contributed by atoms with E-state index in [0.29, 0.717) is 11.6 Å². The van der Waals surface area contributed by atoms with Crippen molar-refractivity contribution >= 4 is 17.9 Å². The number of nitrogens with zero attached hydrogens (tertiary/aromatic N) is 2. The van der Waals surface area contributed by atoms with Gasteiger partial charge in [0.15, 0.2) is 12.3 Å². The Kier molecular flexibility index (Phi) is 4.39. The van der Waals surface area contributed by atoms with Crippen LogP contribution in [-0.2, 0) is 9.53 Å². The summed E-state index contributed by atoms with van der Waals surface area (Å²) < 4.78 is 10.5. The van der Waals surface area contributed by atoms with Gasteiger partial charge in [0, 0.05) is 5.56 Å². The molecule has 0 aromatic heterocycles. The van der Waals surface area contributed by atoms with Gasteiger partial charge in [-0.3, -0.25) is 0 Å². The summed E-state index contributed by atoms with van der Waals surface area (Å²) in [5.41, 5.74) is 2.75. The van der Waals surface area contributed by atoms with Crippen LogP contribution in [0.3, 0.4) is 0 Å². The zero-order valence-corrected chi connectivity index (χ0v) is 13.0. The lowest BCUT2D eigenvalue weighted by atomic mass is 10.1. The van der Waals surface area contributed by atoms with Crippen molar-refractivity contribution in [2.24, 2.45) is 4.99 Å². The highest BCUT2D eigenvalue weighted by Crippen LogP contribution is 2.22. The molecule has 3 rings (SSSR count). The Hall–Kier alpha value is -3.39. The number of aliphatic imine (C=N–C) groups is 1. The number of benzene rings is 2. The van der Waals surface area contributed by atoms with E-state index in [9.17, 15) is 4.79 Å². The predicted molar refractivity (Wildman–Crippen MR) is 89.3 cm³/mol. The summed E-state index contributed by atoms with van der Waals surface area (Å²) in [7, 11) is 0. The molecule has 0 fully saturated rings. The molecule has 0 bridgehead atoms. The molecule has 0 amide bonds. The van der Waals surface area contributed by atoms with Gasteiger partial charge in [-0.1, -0.05) is 30.3 Å². The Balaban J connectivity index is 1.89. The molecule has 0 saturated heterocycles. The van der Waals surface area contributed by atoms with E-state index in [4.69, 9.17) is 14.7 Å². The summed E-state index contributed by atoms with van der Waals surface area (Å²) in [5.74, 6) is 0.373. The van der Waals surface area contributed by atoms with Crippen LogP contribution in [0.1, 0.15) is 16.7 Å². The first-order valence-corrected chi connectivity index (χ1v) is 7.36. The number of esters is 1. The highest BCUT2D eigenvalue weighted by molar-refractivity contribution is 6.13. The number of hydrogen-bond acceptors (Lipinski definition) is 5. The normalized spacial score (nSPS) is 14.9. The van der Waals surface area contributed by atoms with E-state index in [2.05, 4.69) is 4.99 Å². The number of ether oxygens (including phenoxy) is 2. The maximum atomic E-state index is 12.1. The Morgan fingerprint density at radius 1 is 1.25 bits per heavy atom. The lowest BCUT2D eigenvalue weighted by molar-refractivity contribution is -0.129. The van der Waals surface area contributed by atoms with E-state index in [0.717, 1.165) is 16.7 Å². The molecular formula is C19H14N2O3. The van der Waals surface area contributed by atoms with Crippen LogP contribution >= 0.6 is 0 Å². The summed E-state index contributed by atoms with van der Waals surface area (Å²) in [6.45, 7) is 1.90. The number of hydrogen-bond donors (Lipinski definition) is 0. The van der Waals surface area contributed by atoms with Crippen LogP contribution in [0.25, 0.3) is 6.08 Å². The van der Waals surface area contributed by atoms with Gasteiger partial charge in [0.25, 0.3) is 0 Å². The van der Waals surface area contributed by atoms with Crippen molar-refractivity contribution in [3.63, 3.8) is 0 Å². The first-order chi connectivity index (χ1) is 11.7. The Labute approximate surface area is 139 Å². The number of carbonyl (C=O) groups is 1. The molecule has 0 aliphatic carbocycles. The molecule has 1 aliphatic rings. The van der Waals surface area contributed by atoms with E-state index < -0.39 is 5.97 Å². The summed E-state index contributed by atoms with van der Waals surface area (Å²) in [6.07, 6.45) is 1.63. The fraction of sp³-hybridized carbons (Fsp3) is 0.105. The highest BCUT2D eigenvalue weighted by atomic mass is 16.6. The second-order valence-corrected chi connectivity index (χ2v) is 5.17. The van der Waals surface area contributed by atoms with E-state index >= 15 is 0 Å². The topological polar surface area (TPSA) is 71.7 Å². The van der Waals surface area contributed by atoms with Crippen LogP contribution in [-0.4, -0.2) is 18.5 Å². The molecule has 0 saturated carbocycles.